The number of hydrogen-bond donors (Lipinski definition) is 0. The van der Waals surface area contributed by atoms with Gasteiger partial charge in [0.2, 0.25) is 5.82 Å². The van der Waals surface area contributed by atoms with Gasteiger partial charge in [-0.1, -0.05) is 47.5 Å². The molecule has 0 saturated heterocycles. The fraction of sp³-hybridized carbons (Fsp3) is 0.0645. The van der Waals surface area contributed by atoms with Crippen LogP contribution in [0.3, 0.4) is 0 Å². The number of hydrogen-bond acceptors (Lipinski definition) is 8. The fourth-order valence-electron chi connectivity index (χ4n) is 4.53. The third-order valence-electron chi connectivity index (χ3n) is 6.65. The minimum absolute atomic E-state index is 0.00185. The first-order valence-corrected chi connectivity index (χ1v) is 14.5. The van der Waals surface area contributed by atoms with Gasteiger partial charge in [0, 0.05) is 32.6 Å². The zero-order valence-corrected chi connectivity index (χ0v) is 25.8. The van der Waals surface area contributed by atoms with Crippen LogP contribution in [0.1, 0.15) is 11.1 Å². The van der Waals surface area contributed by atoms with Crippen molar-refractivity contribution in [3.63, 3.8) is 0 Å². The predicted octanol–water partition coefficient (Wildman–Crippen LogP) is 8.26. The van der Waals surface area contributed by atoms with Crippen molar-refractivity contribution >= 4 is 72.9 Å². The van der Waals surface area contributed by atoms with Gasteiger partial charge in [0.25, 0.3) is 11.2 Å². The molecule has 4 aromatic carbocycles. The molecule has 0 fully saturated rings. The molecule has 0 spiro atoms. The van der Waals surface area contributed by atoms with Crippen LogP contribution >= 0.6 is 39.1 Å². The highest BCUT2D eigenvalue weighted by Gasteiger charge is 2.20. The van der Waals surface area contributed by atoms with E-state index in [1.807, 2.05) is 0 Å². The molecule has 10 nitrogen and oxygen atoms in total. The van der Waals surface area contributed by atoms with Crippen molar-refractivity contribution in [1.82, 2.24) is 9.66 Å². The first-order valence-electron chi connectivity index (χ1n) is 12.9. The van der Waals surface area contributed by atoms with Gasteiger partial charge in [0.05, 0.1) is 29.2 Å². The molecule has 0 atom stereocenters. The number of methoxy groups -OCH3 is 1. The summed E-state index contributed by atoms with van der Waals surface area (Å²) >= 11 is 16.3. The van der Waals surface area contributed by atoms with Crippen molar-refractivity contribution in [2.45, 2.75) is 6.61 Å². The Hall–Kier alpha value is -4.71. The average molecular weight is 694 g/mol. The van der Waals surface area contributed by atoms with E-state index >= 15 is 0 Å². The van der Waals surface area contributed by atoms with Gasteiger partial charge in [-0.05, 0) is 64.0 Å². The van der Waals surface area contributed by atoms with Crippen LogP contribution in [0.5, 0.6) is 11.5 Å². The number of aromatic nitrogens is 2. The van der Waals surface area contributed by atoms with Crippen LogP contribution in [0, 0.1) is 10.1 Å². The SMILES string of the molecule is COc1cc(C=Nn2c(-c3cc4cc(Cl)ccc4o3)nc3ccccc3c2=O)c(Br)c(Cl)c1OCc1cccc([N+](=O)[O-])c1. The predicted molar refractivity (Wildman–Crippen MR) is 172 cm³/mol. The van der Waals surface area contributed by atoms with E-state index in [0.717, 1.165) is 10.1 Å². The molecular weight excluding hydrogens is 675 g/mol. The fourth-order valence-corrected chi connectivity index (χ4v) is 5.37. The highest BCUT2D eigenvalue weighted by molar-refractivity contribution is 9.10. The Labute approximate surface area is 267 Å². The molecule has 0 N–H and O–H groups in total. The number of non-ortho nitro benzene ring substituents is 1. The van der Waals surface area contributed by atoms with Crippen LogP contribution < -0.4 is 15.0 Å². The van der Waals surface area contributed by atoms with Crippen LogP contribution in [0.2, 0.25) is 10.0 Å². The number of nitrogens with zero attached hydrogens (tertiary/aromatic N) is 4. The van der Waals surface area contributed by atoms with E-state index < -0.39 is 10.5 Å². The third kappa shape index (κ3) is 5.64. The van der Waals surface area contributed by atoms with E-state index in [4.69, 9.17) is 42.1 Å². The maximum Gasteiger partial charge on any atom is 0.282 e. The van der Waals surface area contributed by atoms with Crippen molar-refractivity contribution in [2.24, 2.45) is 5.10 Å². The van der Waals surface area contributed by atoms with Gasteiger partial charge < -0.3 is 13.9 Å². The van der Waals surface area contributed by atoms with Crippen molar-refractivity contribution in [3.8, 4) is 23.1 Å². The van der Waals surface area contributed by atoms with Gasteiger partial charge in [-0.3, -0.25) is 14.9 Å². The van der Waals surface area contributed by atoms with Crippen molar-refractivity contribution in [1.29, 1.82) is 0 Å². The minimum Gasteiger partial charge on any atom is -0.493 e. The molecule has 0 radical (unpaired) electrons. The summed E-state index contributed by atoms with van der Waals surface area (Å²) in [6.45, 7) is 0.00185. The number of para-hydroxylation sites is 1. The second kappa shape index (κ2) is 12.1. The zero-order chi connectivity index (χ0) is 31.0. The Bertz CT molecular complexity index is 2180. The summed E-state index contributed by atoms with van der Waals surface area (Å²) in [4.78, 5) is 29.0. The Morgan fingerprint density at radius 2 is 1.91 bits per heavy atom. The Morgan fingerprint density at radius 3 is 2.70 bits per heavy atom. The summed E-state index contributed by atoms with van der Waals surface area (Å²) in [6.07, 6.45) is 1.43. The van der Waals surface area contributed by atoms with Gasteiger partial charge >= 0.3 is 0 Å². The molecule has 6 aromatic rings. The van der Waals surface area contributed by atoms with Crippen LogP contribution in [0.25, 0.3) is 33.5 Å². The molecule has 6 rings (SSSR count). The smallest absolute Gasteiger partial charge is 0.282 e. The standard InChI is InChI=1S/C31H19BrCl2N4O6/c1-42-25-14-19(27(32)28(34)29(25)43-16-17-5-4-6-21(11-17)38(40)41)15-35-37-30(36-23-8-3-2-7-22(23)31(37)39)26-13-18-12-20(33)9-10-24(18)44-26/h2-15H,16H2,1H3. The minimum atomic E-state index is -0.479. The molecule has 0 amide bonds. The van der Waals surface area contributed by atoms with Gasteiger partial charge in [0.1, 0.15) is 17.2 Å². The van der Waals surface area contributed by atoms with Crippen LogP contribution in [0.15, 0.2) is 97.6 Å². The van der Waals surface area contributed by atoms with Gasteiger partial charge in [0.15, 0.2) is 17.3 Å². The van der Waals surface area contributed by atoms with Crippen molar-refractivity contribution < 1.29 is 18.8 Å². The molecule has 0 aliphatic carbocycles. The molecule has 13 heteroatoms. The molecule has 220 valence electrons. The molecule has 0 aliphatic rings. The monoisotopic (exact) mass is 692 g/mol. The van der Waals surface area contributed by atoms with Gasteiger partial charge in [-0.2, -0.15) is 9.78 Å². The lowest BCUT2D eigenvalue weighted by Crippen LogP contribution is -2.20. The quantitative estimate of drug-likeness (QED) is 0.0894. The first kappa shape index (κ1) is 29.4. The van der Waals surface area contributed by atoms with Crippen molar-refractivity contribution in [2.75, 3.05) is 7.11 Å². The maximum atomic E-state index is 13.7. The second-order valence-corrected chi connectivity index (χ2v) is 11.1. The van der Waals surface area contributed by atoms with Gasteiger partial charge in [-0.15, -0.1) is 0 Å². The second-order valence-electron chi connectivity index (χ2n) is 9.45. The zero-order valence-electron chi connectivity index (χ0n) is 22.7. The molecule has 44 heavy (non-hydrogen) atoms. The number of fused-ring (bicyclic) bond motifs is 2. The van der Waals surface area contributed by atoms with E-state index in [-0.39, 0.29) is 34.6 Å². The lowest BCUT2D eigenvalue weighted by molar-refractivity contribution is -0.384. The normalized spacial score (nSPS) is 11.5. The number of nitro benzene ring substituents is 1. The van der Waals surface area contributed by atoms with E-state index in [0.29, 0.717) is 42.9 Å². The molecule has 0 bridgehead atoms. The molecule has 2 heterocycles. The summed E-state index contributed by atoms with van der Waals surface area (Å²) in [7, 11) is 1.45. The van der Waals surface area contributed by atoms with Crippen LogP contribution in [0.4, 0.5) is 5.69 Å². The van der Waals surface area contributed by atoms with Crippen LogP contribution in [-0.2, 0) is 6.61 Å². The third-order valence-corrected chi connectivity index (χ3v) is 8.32. The van der Waals surface area contributed by atoms with E-state index in [2.05, 4.69) is 21.0 Å². The number of halogens is 3. The van der Waals surface area contributed by atoms with Crippen molar-refractivity contribution in [3.05, 3.63) is 125 Å². The summed E-state index contributed by atoms with van der Waals surface area (Å²) < 4.78 is 19.0. The average Bonchev–Trinajstić information content (AvgIpc) is 3.45. The molecule has 0 saturated carbocycles. The summed E-state index contributed by atoms with van der Waals surface area (Å²) in [6, 6.07) is 21.6. The van der Waals surface area contributed by atoms with Crippen LogP contribution in [-0.4, -0.2) is 27.9 Å². The lowest BCUT2D eigenvalue weighted by Gasteiger charge is -2.15. The van der Waals surface area contributed by atoms with E-state index in [1.54, 1.807) is 66.7 Å². The molecular formula is C31H19BrCl2N4O6. The summed E-state index contributed by atoms with van der Waals surface area (Å²) in [5, 5.41) is 17.5. The summed E-state index contributed by atoms with van der Waals surface area (Å²) in [5.74, 6) is 1.00. The molecule has 0 aliphatic heterocycles. The largest absolute Gasteiger partial charge is 0.493 e. The number of ether oxygens (including phenoxy) is 2. The van der Waals surface area contributed by atoms with Gasteiger partial charge in [-0.25, -0.2) is 4.98 Å². The highest BCUT2D eigenvalue weighted by atomic mass is 79.9. The maximum absolute atomic E-state index is 13.7. The lowest BCUT2D eigenvalue weighted by atomic mass is 10.2. The summed E-state index contributed by atoms with van der Waals surface area (Å²) in [5.41, 5.74) is 1.63. The Kier molecular flexibility index (Phi) is 8.09. The number of furan rings is 1. The van der Waals surface area contributed by atoms with E-state index in [9.17, 15) is 14.9 Å². The first-order chi connectivity index (χ1) is 21.2. The Morgan fingerprint density at radius 1 is 1.09 bits per heavy atom. The number of nitro groups is 1. The topological polar surface area (TPSA) is 122 Å². The number of benzene rings is 4. The Balaban J connectivity index is 1.40. The molecule has 2 aromatic heterocycles. The molecule has 0 unspecified atom stereocenters. The highest BCUT2D eigenvalue weighted by Crippen LogP contribution is 2.42. The van der Waals surface area contributed by atoms with E-state index in [1.165, 1.54) is 25.5 Å². The number of rotatable bonds is 8.